The summed E-state index contributed by atoms with van der Waals surface area (Å²) < 4.78 is 12.1. The van der Waals surface area contributed by atoms with Gasteiger partial charge in [-0.2, -0.15) is 5.10 Å². The van der Waals surface area contributed by atoms with Crippen molar-refractivity contribution in [3.05, 3.63) is 51.9 Å². The Hall–Kier alpha value is -3.35. The van der Waals surface area contributed by atoms with Gasteiger partial charge in [0.15, 0.2) is 11.5 Å². The Morgan fingerprint density at radius 2 is 1.98 bits per heavy atom. The van der Waals surface area contributed by atoms with Crippen LogP contribution in [0.2, 0.25) is 0 Å². The van der Waals surface area contributed by atoms with Gasteiger partial charge in [0.25, 0.3) is 5.91 Å². The fraction of sp³-hybridized carbons (Fsp3) is 0.414. The minimum Gasteiger partial charge on any atom is -0.410 e. The number of halogens is 1. The monoisotopic (exact) mass is 639 g/mol. The lowest BCUT2D eigenvalue weighted by molar-refractivity contribution is 0.102. The van der Waals surface area contributed by atoms with Gasteiger partial charge < -0.3 is 20.3 Å². The Bertz CT molecular complexity index is 1480. The number of amides is 2. The maximum Gasteiger partial charge on any atom is 0.412 e. The van der Waals surface area contributed by atoms with E-state index in [1.807, 2.05) is 37.0 Å². The topological polar surface area (TPSA) is 114 Å². The summed E-state index contributed by atoms with van der Waals surface area (Å²) in [4.78, 5) is 32.0. The number of aromatic nitrogens is 4. The second-order valence-corrected chi connectivity index (χ2v) is 12.1. The van der Waals surface area contributed by atoms with Gasteiger partial charge in [-0.25, -0.2) is 18.8 Å². The summed E-state index contributed by atoms with van der Waals surface area (Å²) in [5.41, 5.74) is 2.78. The van der Waals surface area contributed by atoms with E-state index in [1.165, 1.54) is 30.8 Å². The molecule has 10 nitrogen and oxygen atoms in total. The number of nitrogens with one attached hydrogen (secondary N) is 2. The van der Waals surface area contributed by atoms with Crippen LogP contribution in [0.25, 0.3) is 22.3 Å². The van der Waals surface area contributed by atoms with Crippen molar-refractivity contribution in [1.29, 1.82) is 0 Å². The Morgan fingerprint density at radius 1 is 1.17 bits per heavy atom. The van der Waals surface area contributed by atoms with Crippen molar-refractivity contribution >= 4 is 56.3 Å². The molecule has 3 heterocycles. The van der Waals surface area contributed by atoms with Gasteiger partial charge in [-0.15, -0.1) is 0 Å². The highest BCUT2D eigenvalue weighted by Gasteiger charge is 2.21. The average Bonchev–Trinajstić information content (AvgIpc) is 3.49. The summed E-state index contributed by atoms with van der Waals surface area (Å²) in [6.45, 7) is 2.15. The number of fused-ring (bicyclic) bond motifs is 1. The predicted molar refractivity (Wildman–Crippen MR) is 165 cm³/mol. The number of carbonyl (C=O) groups excluding carboxylic acids is 2. The van der Waals surface area contributed by atoms with Gasteiger partial charge in [0.05, 0.1) is 22.8 Å². The van der Waals surface area contributed by atoms with Crippen molar-refractivity contribution < 1.29 is 14.3 Å². The first kappa shape index (κ1) is 29.2. The summed E-state index contributed by atoms with van der Waals surface area (Å²) in [7, 11) is 3.99. The third kappa shape index (κ3) is 7.90. The maximum absolute atomic E-state index is 12.8. The van der Waals surface area contributed by atoms with Crippen molar-refractivity contribution in [3.8, 4) is 17.0 Å². The number of aryl methyl sites for hydroxylation is 1. The largest absolute Gasteiger partial charge is 0.412 e. The van der Waals surface area contributed by atoms with Crippen molar-refractivity contribution in [2.45, 2.75) is 45.1 Å². The summed E-state index contributed by atoms with van der Waals surface area (Å²) in [6, 6.07) is 9.19. The normalized spacial score (nSPS) is 13.1. The fourth-order valence-electron chi connectivity index (χ4n) is 4.53. The number of hydrogen-bond acceptors (Lipinski definition) is 8. The molecule has 3 aromatic heterocycles. The van der Waals surface area contributed by atoms with E-state index >= 15 is 0 Å². The van der Waals surface area contributed by atoms with E-state index in [2.05, 4.69) is 35.8 Å². The zero-order valence-electron chi connectivity index (χ0n) is 23.2. The third-order valence-corrected chi connectivity index (χ3v) is 8.11. The number of unbranched alkanes of at least 4 members (excludes halogenated alkanes) is 1. The number of anilines is 1. The maximum atomic E-state index is 12.8. The van der Waals surface area contributed by atoms with E-state index in [9.17, 15) is 9.59 Å². The van der Waals surface area contributed by atoms with Gasteiger partial charge in [-0.1, -0.05) is 25.7 Å². The minimum atomic E-state index is -0.476. The average molecular weight is 641 g/mol. The minimum absolute atomic E-state index is 0.253. The van der Waals surface area contributed by atoms with Crippen LogP contribution in [0.3, 0.4) is 0 Å². The van der Waals surface area contributed by atoms with Crippen LogP contribution in [0, 0.1) is 5.92 Å². The molecule has 0 saturated heterocycles. The van der Waals surface area contributed by atoms with Crippen molar-refractivity contribution in [1.82, 2.24) is 29.4 Å². The molecule has 1 aliphatic carbocycles. The first-order valence-electron chi connectivity index (χ1n) is 13.9. The number of hydrogen-bond donors (Lipinski definition) is 2. The van der Waals surface area contributed by atoms with Gasteiger partial charge in [0.2, 0.25) is 0 Å². The first-order valence-corrected chi connectivity index (χ1v) is 15.5. The molecule has 0 atom stereocenters. The molecule has 0 bridgehead atoms. The van der Waals surface area contributed by atoms with E-state index in [-0.39, 0.29) is 5.91 Å². The van der Waals surface area contributed by atoms with E-state index < -0.39 is 6.09 Å². The van der Waals surface area contributed by atoms with Crippen LogP contribution in [0.4, 0.5) is 10.6 Å². The number of nitrogens with zero attached hydrogens (tertiary/aromatic N) is 5. The molecule has 0 radical (unpaired) electrons. The Balaban J connectivity index is 1.33. The molecule has 0 unspecified atom stereocenters. The van der Waals surface area contributed by atoms with Crippen LogP contribution in [-0.2, 0) is 6.54 Å². The number of rotatable bonds is 13. The second-order valence-electron chi connectivity index (χ2n) is 10.6. The van der Waals surface area contributed by atoms with Crippen molar-refractivity contribution in [2.75, 3.05) is 32.5 Å². The molecule has 2 amide bonds. The number of carbonyl (C=O) groups is 2. The first-order chi connectivity index (χ1) is 19.9. The summed E-state index contributed by atoms with van der Waals surface area (Å²) in [6.07, 6.45) is 8.00. The molecule has 1 fully saturated rings. The highest BCUT2D eigenvalue weighted by atomic mass is 79.9. The number of benzene rings is 1. The Kier molecular flexibility index (Phi) is 9.63. The van der Waals surface area contributed by atoms with Crippen molar-refractivity contribution in [2.24, 2.45) is 5.92 Å². The van der Waals surface area contributed by atoms with Gasteiger partial charge in [0.1, 0.15) is 5.75 Å². The Morgan fingerprint density at radius 3 is 2.68 bits per heavy atom. The molecule has 216 valence electrons. The highest BCUT2D eigenvalue weighted by molar-refractivity contribution is 9.10. The van der Waals surface area contributed by atoms with Gasteiger partial charge >= 0.3 is 6.09 Å². The third-order valence-electron chi connectivity index (χ3n) is 6.92. The van der Waals surface area contributed by atoms with Gasteiger partial charge in [-0.05, 0) is 97.2 Å². The van der Waals surface area contributed by atoms with Crippen LogP contribution >= 0.6 is 27.5 Å². The SMILES string of the molecule is CN(C)CCCNC(=O)Oc1ccc(-c2nc3c(cc2Br)c(NC(=O)c2cnsc2)nn3CCCCC2CC2)cc1. The molecule has 1 aliphatic rings. The van der Waals surface area contributed by atoms with E-state index in [4.69, 9.17) is 14.8 Å². The summed E-state index contributed by atoms with van der Waals surface area (Å²) in [5, 5.41) is 12.9. The molecule has 4 aromatic rings. The van der Waals surface area contributed by atoms with Crippen LogP contribution in [0.5, 0.6) is 5.75 Å². The van der Waals surface area contributed by atoms with E-state index in [0.29, 0.717) is 35.9 Å². The highest BCUT2D eigenvalue weighted by Crippen LogP contribution is 2.35. The predicted octanol–water partition coefficient (Wildman–Crippen LogP) is 6.19. The molecule has 41 heavy (non-hydrogen) atoms. The zero-order valence-corrected chi connectivity index (χ0v) is 25.6. The number of pyridine rings is 1. The molecule has 1 aromatic carbocycles. The standard InChI is InChI=1S/C29H34BrN7O3S/c1-36(2)14-5-13-31-29(39)40-22-11-9-20(10-12-22)25-24(30)16-23-26(34-28(38)21-17-32-41-18-21)35-37(27(23)33-25)15-4-3-6-19-7-8-19/h9-12,16-19H,3-8,13-15H2,1-2H3,(H,31,39)(H,34,35,38). The summed E-state index contributed by atoms with van der Waals surface area (Å²) in [5.74, 6) is 1.56. The lowest BCUT2D eigenvalue weighted by Crippen LogP contribution is -2.29. The van der Waals surface area contributed by atoms with Crippen LogP contribution in [-0.4, -0.2) is 63.2 Å². The van der Waals surface area contributed by atoms with E-state index in [0.717, 1.165) is 52.8 Å². The fourth-order valence-corrected chi connectivity index (χ4v) is 5.59. The summed E-state index contributed by atoms with van der Waals surface area (Å²) >= 11 is 4.90. The Labute approximate surface area is 251 Å². The molecule has 0 spiro atoms. The van der Waals surface area contributed by atoms with Crippen LogP contribution in [0.15, 0.2) is 46.4 Å². The molecule has 5 rings (SSSR count). The molecular weight excluding hydrogens is 606 g/mol. The van der Waals surface area contributed by atoms with E-state index in [1.54, 1.807) is 23.7 Å². The molecule has 12 heteroatoms. The molecule has 0 aliphatic heterocycles. The zero-order chi connectivity index (χ0) is 28.8. The quantitative estimate of drug-likeness (QED) is 0.168. The van der Waals surface area contributed by atoms with Gasteiger partial charge in [0, 0.05) is 28.5 Å². The lowest BCUT2D eigenvalue weighted by atomic mass is 10.1. The van der Waals surface area contributed by atoms with Crippen LogP contribution < -0.4 is 15.4 Å². The smallest absolute Gasteiger partial charge is 0.410 e. The van der Waals surface area contributed by atoms with Crippen molar-refractivity contribution in [3.63, 3.8) is 0 Å². The number of ether oxygens (including phenoxy) is 1. The molecular formula is C29H34BrN7O3S. The molecule has 2 N–H and O–H groups in total. The molecule has 1 saturated carbocycles. The lowest BCUT2D eigenvalue weighted by Gasteiger charge is -2.11. The van der Waals surface area contributed by atoms with Gasteiger partial charge in [-0.3, -0.25) is 4.79 Å². The second kappa shape index (κ2) is 13.5. The van der Waals surface area contributed by atoms with Crippen LogP contribution in [0.1, 0.15) is 48.9 Å².